The van der Waals surface area contributed by atoms with Gasteiger partial charge in [0.1, 0.15) is 0 Å². The van der Waals surface area contributed by atoms with Crippen molar-refractivity contribution < 1.29 is 0 Å². The van der Waals surface area contributed by atoms with E-state index in [0.717, 1.165) is 15.6 Å². The summed E-state index contributed by atoms with van der Waals surface area (Å²) in [6, 6.07) is 1.84. The minimum Gasteiger partial charge on any atom is -0.316 e. The minimum absolute atomic E-state index is 0.627. The number of benzene rings is 1. The molecular weight excluding hydrogens is 260 g/mol. The van der Waals surface area contributed by atoms with E-state index in [-0.39, 0.29) is 0 Å². The molecule has 0 spiro atoms. The molecule has 0 aliphatic rings. The van der Waals surface area contributed by atoms with Crippen molar-refractivity contribution >= 4 is 27.0 Å². The molecule has 0 atom stereocenters. The highest BCUT2D eigenvalue weighted by Gasteiger charge is 2.07. The lowest BCUT2D eigenvalue weighted by atomic mass is 10.1. The molecule has 2 rings (SSSR count). The minimum atomic E-state index is -0.633. The molecule has 2 aromatic rings. The average Bonchev–Trinajstić information content (AvgIpc) is 2.19. The van der Waals surface area contributed by atoms with Gasteiger partial charge in [0.25, 0.3) is 0 Å². The van der Waals surface area contributed by atoms with Crippen LogP contribution in [0, 0.1) is 13.8 Å². The predicted octanol–water partition coefficient (Wildman–Crippen LogP) is 1.60. The Balaban J connectivity index is 3.06. The molecule has 1 aromatic heterocycles. The number of aromatic amines is 2. The van der Waals surface area contributed by atoms with Crippen LogP contribution in [0.4, 0.5) is 0 Å². The Morgan fingerprint density at radius 1 is 1.13 bits per heavy atom. The SMILES string of the molecule is Cc1cc2[nH]c(=O)c(=O)[nH]c2c(Br)c1C. The molecule has 0 radical (unpaired) electrons. The largest absolute Gasteiger partial charge is 0.316 e. The number of hydrogen-bond donors (Lipinski definition) is 2. The van der Waals surface area contributed by atoms with Gasteiger partial charge in [-0.05, 0) is 47.0 Å². The Labute approximate surface area is 93.5 Å². The molecule has 1 aromatic carbocycles. The molecule has 0 amide bonds. The van der Waals surface area contributed by atoms with E-state index in [1.165, 1.54) is 0 Å². The van der Waals surface area contributed by atoms with Crippen LogP contribution in [0.5, 0.6) is 0 Å². The second-order valence-corrected chi connectivity index (χ2v) is 4.26. The topological polar surface area (TPSA) is 65.7 Å². The summed E-state index contributed by atoms with van der Waals surface area (Å²) in [6.45, 7) is 3.89. The molecule has 0 fully saturated rings. The summed E-state index contributed by atoms with van der Waals surface area (Å²) in [7, 11) is 0. The van der Waals surface area contributed by atoms with Gasteiger partial charge in [-0.3, -0.25) is 9.59 Å². The molecule has 0 unspecified atom stereocenters. The molecule has 0 saturated carbocycles. The number of aryl methyl sites for hydroxylation is 1. The number of rotatable bonds is 0. The van der Waals surface area contributed by atoms with Crippen LogP contribution in [0.15, 0.2) is 20.1 Å². The van der Waals surface area contributed by atoms with E-state index in [1.807, 2.05) is 19.9 Å². The van der Waals surface area contributed by atoms with Gasteiger partial charge in [-0.15, -0.1) is 0 Å². The fraction of sp³-hybridized carbons (Fsp3) is 0.200. The first kappa shape index (κ1) is 10.2. The highest BCUT2D eigenvalue weighted by Crippen LogP contribution is 2.26. The second-order valence-electron chi connectivity index (χ2n) is 3.46. The van der Waals surface area contributed by atoms with Crippen LogP contribution >= 0.6 is 15.9 Å². The molecule has 78 valence electrons. The lowest BCUT2D eigenvalue weighted by Gasteiger charge is -2.06. The van der Waals surface area contributed by atoms with E-state index in [4.69, 9.17) is 0 Å². The Morgan fingerprint density at radius 2 is 1.73 bits per heavy atom. The van der Waals surface area contributed by atoms with Crippen LogP contribution in [0.3, 0.4) is 0 Å². The average molecular weight is 269 g/mol. The lowest BCUT2D eigenvalue weighted by Crippen LogP contribution is -2.29. The van der Waals surface area contributed by atoms with Crippen molar-refractivity contribution in [3.05, 3.63) is 42.4 Å². The molecule has 0 aliphatic carbocycles. The fourth-order valence-electron chi connectivity index (χ4n) is 1.45. The van der Waals surface area contributed by atoms with E-state index in [1.54, 1.807) is 0 Å². The van der Waals surface area contributed by atoms with E-state index < -0.39 is 11.1 Å². The maximum absolute atomic E-state index is 11.2. The molecule has 4 nitrogen and oxygen atoms in total. The van der Waals surface area contributed by atoms with Crippen molar-refractivity contribution in [2.24, 2.45) is 0 Å². The number of aromatic nitrogens is 2. The third-order valence-electron chi connectivity index (χ3n) is 2.46. The van der Waals surface area contributed by atoms with Gasteiger partial charge in [0, 0.05) is 4.47 Å². The van der Waals surface area contributed by atoms with Crippen molar-refractivity contribution in [3.63, 3.8) is 0 Å². The van der Waals surface area contributed by atoms with Crippen molar-refractivity contribution in [1.29, 1.82) is 0 Å². The summed E-state index contributed by atoms with van der Waals surface area (Å²) < 4.78 is 0.811. The van der Waals surface area contributed by atoms with Crippen molar-refractivity contribution in [1.82, 2.24) is 9.97 Å². The maximum Gasteiger partial charge on any atom is 0.314 e. The van der Waals surface area contributed by atoms with Gasteiger partial charge >= 0.3 is 11.1 Å². The van der Waals surface area contributed by atoms with E-state index >= 15 is 0 Å². The number of hydrogen-bond acceptors (Lipinski definition) is 2. The second kappa shape index (κ2) is 3.34. The predicted molar refractivity (Wildman–Crippen MR) is 62.4 cm³/mol. The lowest BCUT2D eigenvalue weighted by molar-refractivity contribution is 1.13. The zero-order valence-electron chi connectivity index (χ0n) is 8.27. The Bertz CT molecular complexity index is 655. The zero-order valence-corrected chi connectivity index (χ0v) is 9.86. The van der Waals surface area contributed by atoms with Crippen LogP contribution in [0.1, 0.15) is 11.1 Å². The maximum atomic E-state index is 11.2. The number of halogens is 1. The van der Waals surface area contributed by atoms with Gasteiger partial charge in [0.15, 0.2) is 0 Å². The number of H-pyrrole nitrogens is 2. The van der Waals surface area contributed by atoms with Crippen LogP contribution in [0.25, 0.3) is 11.0 Å². The van der Waals surface area contributed by atoms with Crippen molar-refractivity contribution in [3.8, 4) is 0 Å². The summed E-state index contributed by atoms with van der Waals surface area (Å²) in [4.78, 5) is 27.4. The first-order chi connectivity index (χ1) is 7.00. The third-order valence-corrected chi connectivity index (χ3v) is 3.45. The monoisotopic (exact) mass is 268 g/mol. The summed E-state index contributed by atoms with van der Waals surface area (Å²) >= 11 is 3.40. The molecule has 15 heavy (non-hydrogen) atoms. The molecule has 1 heterocycles. The van der Waals surface area contributed by atoms with Gasteiger partial charge in [0.2, 0.25) is 0 Å². The third kappa shape index (κ3) is 1.52. The Kier molecular flexibility index (Phi) is 2.26. The molecule has 0 aliphatic heterocycles. The van der Waals surface area contributed by atoms with Crippen LogP contribution in [-0.4, -0.2) is 9.97 Å². The standard InChI is InChI=1S/C10H9BrN2O2/c1-4-3-6-8(7(11)5(4)2)13-10(15)9(14)12-6/h3H,1-2H3,(H,12,14)(H,13,15). The summed E-state index contributed by atoms with van der Waals surface area (Å²) in [5.74, 6) is 0. The normalized spacial score (nSPS) is 10.9. The van der Waals surface area contributed by atoms with Crippen LogP contribution in [-0.2, 0) is 0 Å². The molecular formula is C10H9BrN2O2. The summed E-state index contributed by atoms with van der Waals surface area (Å²) in [6.07, 6.45) is 0. The molecule has 0 bridgehead atoms. The quantitative estimate of drug-likeness (QED) is 0.713. The highest BCUT2D eigenvalue weighted by atomic mass is 79.9. The molecule has 5 heteroatoms. The van der Waals surface area contributed by atoms with Crippen molar-refractivity contribution in [2.75, 3.05) is 0 Å². The Morgan fingerprint density at radius 3 is 2.40 bits per heavy atom. The van der Waals surface area contributed by atoms with Gasteiger partial charge in [-0.25, -0.2) is 0 Å². The van der Waals surface area contributed by atoms with Gasteiger partial charge in [-0.2, -0.15) is 0 Å². The highest BCUT2D eigenvalue weighted by molar-refractivity contribution is 9.10. The van der Waals surface area contributed by atoms with Crippen molar-refractivity contribution in [2.45, 2.75) is 13.8 Å². The first-order valence-electron chi connectivity index (χ1n) is 4.42. The van der Waals surface area contributed by atoms with Crippen LogP contribution in [0.2, 0.25) is 0 Å². The first-order valence-corrected chi connectivity index (χ1v) is 5.22. The van der Waals surface area contributed by atoms with Gasteiger partial charge in [-0.1, -0.05) is 0 Å². The number of fused-ring (bicyclic) bond motifs is 1. The fourth-order valence-corrected chi connectivity index (χ4v) is 2.07. The molecule has 0 saturated heterocycles. The van der Waals surface area contributed by atoms with Gasteiger partial charge in [0.05, 0.1) is 11.0 Å². The summed E-state index contributed by atoms with van der Waals surface area (Å²) in [5.41, 5.74) is 2.10. The van der Waals surface area contributed by atoms with Crippen LogP contribution < -0.4 is 11.1 Å². The van der Waals surface area contributed by atoms with E-state index in [2.05, 4.69) is 25.9 Å². The van der Waals surface area contributed by atoms with E-state index in [9.17, 15) is 9.59 Å². The summed E-state index contributed by atoms with van der Waals surface area (Å²) in [5, 5.41) is 0. The molecule has 2 N–H and O–H groups in total. The number of nitrogens with one attached hydrogen (secondary N) is 2. The zero-order chi connectivity index (χ0) is 11.2. The Hall–Kier alpha value is -1.36. The van der Waals surface area contributed by atoms with Gasteiger partial charge < -0.3 is 9.97 Å². The van der Waals surface area contributed by atoms with E-state index in [0.29, 0.717) is 11.0 Å². The smallest absolute Gasteiger partial charge is 0.314 e.